The van der Waals surface area contributed by atoms with E-state index in [9.17, 15) is 9.90 Å². The van der Waals surface area contributed by atoms with Crippen LogP contribution in [0.2, 0.25) is 36.3 Å². The second-order valence-corrected chi connectivity index (χ2v) is 29.7. The van der Waals surface area contributed by atoms with Crippen molar-refractivity contribution in [2.75, 3.05) is 13.1 Å². The van der Waals surface area contributed by atoms with Crippen molar-refractivity contribution >= 4 is 22.7 Å². The van der Waals surface area contributed by atoms with Crippen molar-refractivity contribution in [3.05, 3.63) is 47.6 Å². The minimum atomic E-state index is -2.02. The van der Waals surface area contributed by atoms with Crippen LogP contribution < -0.4 is 0 Å². The average Bonchev–Trinajstić information content (AvgIpc) is 3.72. The Morgan fingerprint density at radius 1 is 0.962 bits per heavy atom. The van der Waals surface area contributed by atoms with Crippen LogP contribution >= 0.6 is 0 Å². The predicted octanol–water partition coefficient (Wildman–Crippen LogP) is 11.8. The summed E-state index contributed by atoms with van der Waals surface area (Å²) < 4.78 is 20.1. The first-order valence-electron chi connectivity index (χ1n) is 20.7. The van der Waals surface area contributed by atoms with E-state index in [2.05, 4.69) is 106 Å². The number of hydrogen-bond acceptors (Lipinski definition) is 5. The lowest BCUT2D eigenvalue weighted by molar-refractivity contribution is -0.00849. The molecule has 4 fully saturated rings. The van der Waals surface area contributed by atoms with Gasteiger partial charge in [0.15, 0.2) is 16.6 Å². The molecule has 4 saturated carbocycles. The van der Waals surface area contributed by atoms with Gasteiger partial charge in [0.05, 0.1) is 12.2 Å². The Bertz CT molecular complexity index is 1380. The Morgan fingerprint density at radius 3 is 2.12 bits per heavy atom. The average molecular weight is 756 g/mol. The Balaban J connectivity index is 1.52. The third-order valence-corrected chi connectivity index (χ3v) is 23.6. The molecule has 0 aromatic rings. The van der Waals surface area contributed by atoms with E-state index in [0.29, 0.717) is 43.7 Å². The molecule has 0 aromatic heterocycles. The number of hydrogen-bond donors (Lipinski definition) is 1. The van der Waals surface area contributed by atoms with E-state index in [4.69, 9.17) is 13.6 Å². The lowest BCUT2D eigenvalue weighted by atomic mass is 9.61. The molecule has 296 valence electrons. The highest BCUT2D eigenvalue weighted by Crippen LogP contribution is 2.60. The van der Waals surface area contributed by atoms with Crippen LogP contribution in [0.5, 0.6) is 0 Å². The van der Waals surface area contributed by atoms with Gasteiger partial charge in [0.1, 0.15) is 11.7 Å². The highest BCUT2D eigenvalue weighted by atomic mass is 28.4. The minimum absolute atomic E-state index is 0.0138. The number of aliphatic hydroxyl groups excluding tert-OH is 1. The van der Waals surface area contributed by atoms with E-state index >= 15 is 0 Å². The van der Waals surface area contributed by atoms with E-state index in [1.165, 1.54) is 31.3 Å². The Kier molecular flexibility index (Phi) is 13.3. The van der Waals surface area contributed by atoms with Crippen LogP contribution in [-0.4, -0.2) is 69.7 Å². The molecule has 1 N–H and O–H groups in total. The van der Waals surface area contributed by atoms with Crippen molar-refractivity contribution in [2.24, 2.45) is 23.2 Å². The Morgan fingerprint density at radius 2 is 1.56 bits per heavy atom. The van der Waals surface area contributed by atoms with Crippen molar-refractivity contribution in [3.63, 3.8) is 0 Å². The van der Waals surface area contributed by atoms with Crippen LogP contribution in [0.25, 0.3) is 0 Å². The van der Waals surface area contributed by atoms with E-state index in [-0.39, 0.29) is 33.8 Å². The van der Waals surface area contributed by atoms with Gasteiger partial charge in [-0.3, -0.25) is 0 Å². The summed E-state index contributed by atoms with van der Waals surface area (Å²) in [5.74, 6) is 1.43. The molecule has 0 aliphatic heterocycles. The number of carbonyl (C=O) groups is 1. The Hall–Kier alpha value is -1.46. The number of rotatable bonds is 12. The molecular formula is C44H77NO5Si2. The van der Waals surface area contributed by atoms with E-state index in [0.717, 1.165) is 24.8 Å². The van der Waals surface area contributed by atoms with Crippen molar-refractivity contribution in [1.82, 2.24) is 4.90 Å². The van der Waals surface area contributed by atoms with Gasteiger partial charge in [0, 0.05) is 19.5 Å². The summed E-state index contributed by atoms with van der Waals surface area (Å²) in [6.45, 7) is 38.0. The summed E-state index contributed by atoms with van der Waals surface area (Å²) in [6, 6.07) is 0. The van der Waals surface area contributed by atoms with Gasteiger partial charge in [-0.15, -0.1) is 0 Å². The number of ether oxygens (including phenoxy) is 1. The molecule has 8 heteroatoms. The second-order valence-electron chi connectivity index (χ2n) is 20.2. The van der Waals surface area contributed by atoms with E-state index < -0.39 is 28.3 Å². The van der Waals surface area contributed by atoms with Crippen LogP contribution in [0.15, 0.2) is 47.6 Å². The van der Waals surface area contributed by atoms with E-state index in [1.807, 2.05) is 19.9 Å². The standard InChI is InChI=1S/C44H77NO5Si2/c1-16-45(17-2)40(47)48-44(27-28-44)39(46)25-20-31(3)36-23-24-37-33(19-18-26-43(36,37)11)21-22-34-29-35(49-51(12,13)41(5,6)7)30-38(32(34)4)50-52(14,15)42(8,9)10/h20-22,25,31,35-39,46H,4,16-19,23-24,26-30H2,1-3,5-15H3/b25-20+,33-21+,34-22+/t31-,35-,36-,37+,38+,39-,43-/m1/s1. The molecule has 0 bridgehead atoms. The van der Waals surface area contributed by atoms with Gasteiger partial charge in [-0.05, 0) is 136 Å². The Labute approximate surface area is 321 Å². The van der Waals surface area contributed by atoms with Gasteiger partial charge in [-0.1, -0.05) is 91.8 Å². The molecule has 0 spiro atoms. The first kappa shape index (κ1) is 43.3. The number of nitrogens with zero attached hydrogens (tertiary/aromatic N) is 1. The first-order chi connectivity index (χ1) is 23.9. The summed E-state index contributed by atoms with van der Waals surface area (Å²) in [7, 11) is -3.99. The van der Waals surface area contributed by atoms with Crippen molar-refractivity contribution in [2.45, 2.75) is 187 Å². The monoisotopic (exact) mass is 756 g/mol. The third kappa shape index (κ3) is 9.31. The lowest BCUT2D eigenvalue weighted by Crippen LogP contribution is -2.49. The van der Waals surface area contributed by atoms with Crippen molar-refractivity contribution in [3.8, 4) is 0 Å². The van der Waals surface area contributed by atoms with Gasteiger partial charge < -0.3 is 23.6 Å². The number of fused-ring (bicyclic) bond motifs is 1. The fourth-order valence-corrected chi connectivity index (χ4v) is 11.5. The van der Waals surface area contributed by atoms with Gasteiger partial charge in [-0.25, -0.2) is 4.79 Å². The molecule has 0 saturated heterocycles. The maximum atomic E-state index is 12.7. The van der Waals surface area contributed by atoms with Crippen LogP contribution in [0, 0.1) is 23.2 Å². The zero-order chi connectivity index (χ0) is 39.1. The maximum absolute atomic E-state index is 12.7. The summed E-state index contributed by atoms with van der Waals surface area (Å²) in [5, 5.41) is 11.5. The maximum Gasteiger partial charge on any atom is 0.410 e. The van der Waals surface area contributed by atoms with E-state index in [1.54, 1.807) is 10.5 Å². The van der Waals surface area contributed by atoms with Gasteiger partial charge in [0.2, 0.25) is 0 Å². The molecule has 4 rings (SSSR count). The fourth-order valence-electron chi connectivity index (χ4n) is 8.80. The van der Waals surface area contributed by atoms with Crippen LogP contribution in [0.1, 0.15) is 127 Å². The molecular weight excluding hydrogens is 679 g/mol. The largest absolute Gasteiger partial charge is 0.440 e. The van der Waals surface area contributed by atoms with Gasteiger partial charge >= 0.3 is 6.09 Å². The molecule has 4 aliphatic carbocycles. The zero-order valence-corrected chi connectivity index (χ0v) is 37.8. The molecule has 6 nitrogen and oxygen atoms in total. The highest BCUT2D eigenvalue weighted by molar-refractivity contribution is 6.74. The molecule has 1 amide bonds. The molecule has 0 unspecified atom stereocenters. The predicted molar refractivity (Wildman–Crippen MR) is 223 cm³/mol. The molecule has 0 heterocycles. The van der Waals surface area contributed by atoms with Crippen LogP contribution in [0.3, 0.4) is 0 Å². The quantitative estimate of drug-likeness (QED) is 0.159. The lowest BCUT2D eigenvalue weighted by Gasteiger charge is -2.45. The summed E-state index contributed by atoms with van der Waals surface area (Å²) in [6.07, 6.45) is 17.2. The number of carbonyl (C=O) groups excluding carboxylic acids is 1. The van der Waals surface area contributed by atoms with Crippen LogP contribution in [-0.2, 0) is 13.6 Å². The van der Waals surface area contributed by atoms with Crippen molar-refractivity contribution < 1.29 is 23.5 Å². The molecule has 52 heavy (non-hydrogen) atoms. The third-order valence-electron chi connectivity index (χ3n) is 14.6. The highest BCUT2D eigenvalue weighted by Gasteiger charge is 2.54. The van der Waals surface area contributed by atoms with Crippen molar-refractivity contribution in [1.29, 1.82) is 0 Å². The normalized spacial score (nSPS) is 31.2. The molecule has 4 aliphatic rings. The summed E-state index contributed by atoms with van der Waals surface area (Å²) in [4.78, 5) is 14.4. The number of allylic oxidation sites excluding steroid dienone is 4. The molecule has 0 radical (unpaired) electrons. The topological polar surface area (TPSA) is 68.2 Å². The fraction of sp³-hybridized carbons (Fsp3) is 0.795. The molecule has 7 atom stereocenters. The summed E-state index contributed by atoms with van der Waals surface area (Å²) >= 11 is 0. The second kappa shape index (κ2) is 16.0. The number of amides is 1. The summed E-state index contributed by atoms with van der Waals surface area (Å²) in [5.41, 5.74) is 3.48. The van der Waals surface area contributed by atoms with Gasteiger partial charge in [-0.2, -0.15) is 0 Å². The smallest absolute Gasteiger partial charge is 0.410 e. The first-order valence-corrected chi connectivity index (χ1v) is 26.5. The number of aliphatic hydroxyl groups is 1. The zero-order valence-electron chi connectivity index (χ0n) is 35.8. The minimum Gasteiger partial charge on any atom is -0.440 e. The van der Waals surface area contributed by atoms with Crippen LogP contribution in [0.4, 0.5) is 4.79 Å². The molecule has 0 aromatic carbocycles. The SMILES string of the molecule is C=C1/C(=C/C=C2\CCC[C@]3(C)[C@@H]([C@H](C)/C=C/[C@@H](O)C4(OC(=O)N(CC)CC)CC4)CC[C@@H]23)C[C@@H](O[Si](C)(C)C(C)(C)C)C[C@@H]1O[Si](C)(C)C(C)(C)C. The van der Waals surface area contributed by atoms with Gasteiger partial charge in [0.25, 0.3) is 0 Å².